The van der Waals surface area contributed by atoms with Gasteiger partial charge in [-0.2, -0.15) is 4.98 Å². The Morgan fingerprint density at radius 2 is 2.09 bits per heavy atom. The molecule has 4 N–H and O–H groups in total. The van der Waals surface area contributed by atoms with Crippen molar-refractivity contribution in [2.24, 2.45) is 0 Å². The lowest BCUT2D eigenvalue weighted by Crippen LogP contribution is -2.22. The quantitative estimate of drug-likeness (QED) is 0.649. The van der Waals surface area contributed by atoms with Crippen molar-refractivity contribution in [3.8, 4) is 5.75 Å². The maximum absolute atomic E-state index is 9.18. The minimum atomic E-state index is 0.113. The number of nitrogen functional groups attached to an aromatic ring is 1. The Morgan fingerprint density at radius 3 is 2.78 bits per heavy atom. The topological polar surface area (TPSA) is 106 Å². The number of pyridine rings is 1. The van der Waals surface area contributed by atoms with Gasteiger partial charge >= 0.3 is 0 Å². The van der Waals surface area contributed by atoms with Crippen LogP contribution in [0.15, 0.2) is 30.7 Å². The second-order valence-corrected chi connectivity index (χ2v) is 5.23. The first-order chi connectivity index (χ1) is 11.2. The van der Waals surface area contributed by atoms with E-state index in [1.165, 1.54) is 0 Å². The normalized spacial score (nSPS) is 11.9. The zero-order valence-electron chi connectivity index (χ0n) is 13.3. The lowest BCUT2D eigenvalue weighted by molar-refractivity contribution is 0.275. The molecule has 23 heavy (non-hydrogen) atoms. The number of nitrogens with two attached hydrogens (primary N) is 1. The van der Waals surface area contributed by atoms with Gasteiger partial charge in [-0.3, -0.25) is 4.98 Å². The van der Waals surface area contributed by atoms with Crippen LogP contribution in [0.2, 0.25) is 0 Å². The van der Waals surface area contributed by atoms with Gasteiger partial charge in [0, 0.05) is 25.0 Å². The lowest BCUT2D eigenvalue weighted by Gasteiger charge is -2.19. The maximum atomic E-state index is 9.18. The monoisotopic (exact) mass is 317 g/mol. The minimum absolute atomic E-state index is 0.113. The molecule has 0 aliphatic carbocycles. The highest BCUT2D eigenvalue weighted by atomic mass is 16.5. The smallest absolute Gasteiger partial charge is 0.222 e. The average Bonchev–Trinajstić information content (AvgIpc) is 2.55. The van der Waals surface area contributed by atoms with Crippen LogP contribution in [0.3, 0.4) is 0 Å². The molecular weight excluding hydrogens is 294 g/mol. The Balaban J connectivity index is 2.09. The first-order valence-corrected chi connectivity index (χ1v) is 7.74. The van der Waals surface area contributed by atoms with Gasteiger partial charge in [0.25, 0.3) is 0 Å². The number of aromatic nitrogens is 3. The van der Waals surface area contributed by atoms with Gasteiger partial charge in [0.1, 0.15) is 6.61 Å². The van der Waals surface area contributed by atoms with Gasteiger partial charge in [0.2, 0.25) is 5.95 Å². The van der Waals surface area contributed by atoms with Crippen molar-refractivity contribution >= 4 is 11.8 Å². The van der Waals surface area contributed by atoms with Crippen molar-refractivity contribution in [3.05, 3.63) is 36.3 Å². The molecule has 0 radical (unpaired) electrons. The minimum Gasteiger partial charge on any atom is -0.483 e. The summed E-state index contributed by atoms with van der Waals surface area (Å²) >= 11 is 0. The van der Waals surface area contributed by atoms with E-state index >= 15 is 0 Å². The summed E-state index contributed by atoms with van der Waals surface area (Å²) in [4.78, 5) is 12.2. The molecule has 0 fully saturated rings. The van der Waals surface area contributed by atoms with Gasteiger partial charge in [0.05, 0.1) is 6.20 Å². The SMILES string of the molecule is CCCC(CCO)Nc1nc(N)ncc1OCc1ccncc1. The van der Waals surface area contributed by atoms with Crippen LogP contribution >= 0.6 is 0 Å². The predicted octanol–water partition coefficient (Wildman–Crippen LogP) is 2.00. The molecule has 0 spiro atoms. The van der Waals surface area contributed by atoms with Gasteiger partial charge in [-0.25, -0.2) is 4.98 Å². The van der Waals surface area contributed by atoms with Crippen molar-refractivity contribution < 1.29 is 9.84 Å². The first kappa shape index (κ1) is 17.0. The number of nitrogens with one attached hydrogen (secondary N) is 1. The Kier molecular flexibility index (Phi) is 6.56. The van der Waals surface area contributed by atoms with E-state index in [0.29, 0.717) is 24.6 Å². The van der Waals surface area contributed by atoms with Crippen molar-refractivity contribution in [1.82, 2.24) is 15.0 Å². The van der Waals surface area contributed by atoms with Crippen LogP contribution in [-0.2, 0) is 6.61 Å². The third-order valence-corrected chi connectivity index (χ3v) is 3.37. The third-order valence-electron chi connectivity index (χ3n) is 3.37. The molecule has 0 aliphatic heterocycles. The van der Waals surface area contributed by atoms with Crippen molar-refractivity contribution in [3.63, 3.8) is 0 Å². The highest BCUT2D eigenvalue weighted by Gasteiger charge is 2.13. The van der Waals surface area contributed by atoms with Crippen molar-refractivity contribution in [1.29, 1.82) is 0 Å². The molecule has 2 heterocycles. The van der Waals surface area contributed by atoms with Crippen LogP contribution in [0, 0.1) is 0 Å². The molecule has 1 atom stereocenters. The summed E-state index contributed by atoms with van der Waals surface area (Å²) < 4.78 is 5.80. The summed E-state index contributed by atoms with van der Waals surface area (Å²) in [6.07, 6.45) is 7.57. The zero-order valence-corrected chi connectivity index (χ0v) is 13.3. The number of rotatable bonds is 9. The summed E-state index contributed by atoms with van der Waals surface area (Å²) in [6, 6.07) is 3.89. The van der Waals surface area contributed by atoms with Crippen LogP contribution in [0.1, 0.15) is 31.7 Å². The average molecular weight is 317 g/mol. The molecule has 0 aliphatic rings. The Morgan fingerprint density at radius 1 is 1.30 bits per heavy atom. The Labute approximate surface area is 135 Å². The highest BCUT2D eigenvalue weighted by molar-refractivity contribution is 5.51. The molecule has 0 saturated heterocycles. The molecule has 7 heteroatoms. The predicted molar refractivity (Wildman–Crippen MR) is 89.0 cm³/mol. The van der Waals surface area contributed by atoms with Gasteiger partial charge in [-0.15, -0.1) is 0 Å². The summed E-state index contributed by atoms with van der Waals surface area (Å²) in [5, 5.41) is 12.5. The van der Waals surface area contributed by atoms with Crippen LogP contribution in [0.25, 0.3) is 0 Å². The fourth-order valence-corrected chi connectivity index (χ4v) is 2.22. The molecule has 0 saturated carbocycles. The second kappa shape index (κ2) is 8.89. The Bertz CT molecular complexity index is 588. The molecular formula is C16H23N5O2. The number of hydrogen-bond donors (Lipinski definition) is 3. The second-order valence-electron chi connectivity index (χ2n) is 5.23. The largest absolute Gasteiger partial charge is 0.483 e. The first-order valence-electron chi connectivity index (χ1n) is 7.74. The summed E-state index contributed by atoms with van der Waals surface area (Å²) in [5.74, 6) is 1.27. The van der Waals surface area contributed by atoms with Gasteiger partial charge in [0.15, 0.2) is 11.6 Å². The van der Waals surface area contributed by atoms with Crippen LogP contribution in [0.4, 0.5) is 11.8 Å². The van der Waals surface area contributed by atoms with Crippen LogP contribution in [0.5, 0.6) is 5.75 Å². The molecule has 124 valence electrons. The summed E-state index contributed by atoms with van der Waals surface area (Å²) in [5.41, 5.74) is 6.69. The summed E-state index contributed by atoms with van der Waals surface area (Å²) in [7, 11) is 0. The van der Waals surface area contributed by atoms with E-state index in [4.69, 9.17) is 10.5 Å². The molecule has 1 unspecified atom stereocenters. The molecule has 2 aromatic heterocycles. The third kappa shape index (κ3) is 5.37. The number of anilines is 2. The highest BCUT2D eigenvalue weighted by Crippen LogP contribution is 2.24. The maximum Gasteiger partial charge on any atom is 0.222 e. The number of aliphatic hydroxyl groups is 1. The molecule has 0 amide bonds. The summed E-state index contributed by atoms with van der Waals surface area (Å²) in [6.45, 7) is 2.61. The van der Waals surface area contributed by atoms with E-state index in [0.717, 1.165) is 18.4 Å². The number of aliphatic hydroxyl groups excluding tert-OH is 1. The van der Waals surface area contributed by atoms with E-state index in [2.05, 4.69) is 27.2 Å². The number of nitrogens with zero attached hydrogens (tertiary/aromatic N) is 3. The molecule has 2 rings (SSSR count). The molecule has 7 nitrogen and oxygen atoms in total. The Hall–Kier alpha value is -2.41. The van der Waals surface area contributed by atoms with Crippen molar-refractivity contribution in [2.75, 3.05) is 17.7 Å². The molecule has 0 bridgehead atoms. The van der Waals surface area contributed by atoms with Crippen LogP contribution in [-0.4, -0.2) is 32.7 Å². The van der Waals surface area contributed by atoms with E-state index < -0.39 is 0 Å². The van der Waals surface area contributed by atoms with Crippen molar-refractivity contribution in [2.45, 2.75) is 38.8 Å². The number of ether oxygens (including phenoxy) is 1. The zero-order chi connectivity index (χ0) is 16.5. The molecule has 2 aromatic rings. The lowest BCUT2D eigenvalue weighted by atomic mass is 10.1. The molecule has 0 aromatic carbocycles. The van der Waals surface area contributed by atoms with E-state index in [1.54, 1.807) is 18.6 Å². The van der Waals surface area contributed by atoms with E-state index in [9.17, 15) is 5.11 Å². The fourth-order valence-electron chi connectivity index (χ4n) is 2.22. The van der Waals surface area contributed by atoms with Crippen LogP contribution < -0.4 is 15.8 Å². The van der Waals surface area contributed by atoms with Gasteiger partial charge in [-0.05, 0) is 30.5 Å². The van der Waals surface area contributed by atoms with E-state index in [-0.39, 0.29) is 18.6 Å². The number of hydrogen-bond acceptors (Lipinski definition) is 7. The van der Waals surface area contributed by atoms with Gasteiger partial charge in [-0.1, -0.05) is 13.3 Å². The fraction of sp³-hybridized carbons (Fsp3) is 0.438. The van der Waals surface area contributed by atoms with E-state index in [1.807, 2.05) is 12.1 Å². The van der Waals surface area contributed by atoms with Gasteiger partial charge < -0.3 is 20.9 Å². The standard InChI is InChI=1S/C16H23N5O2/c1-2-3-13(6-9-22)20-15-14(10-19-16(17)21-15)23-11-12-4-7-18-8-5-12/h4-5,7-8,10,13,22H,2-3,6,9,11H2,1H3,(H3,17,19,20,21).